The molecule has 6 aromatic carbocycles. The first-order valence-corrected chi connectivity index (χ1v) is 18.3. The highest BCUT2D eigenvalue weighted by atomic mass is 32.1. The van der Waals surface area contributed by atoms with Crippen molar-refractivity contribution in [1.29, 1.82) is 0 Å². The van der Waals surface area contributed by atoms with Gasteiger partial charge in [-0.2, -0.15) is 0 Å². The lowest BCUT2D eigenvalue weighted by Gasteiger charge is -2.00. The van der Waals surface area contributed by atoms with Crippen molar-refractivity contribution in [2.24, 2.45) is 0 Å². The highest BCUT2D eigenvalue weighted by molar-refractivity contribution is 7.27. The first-order chi connectivity index (χ1) is 22.7. The maximum Gasteiger partial charge on any atom is 0.123 e. The number of nitrogens with zero attached hydrogens (tertiary/aromatic N) is 2. The summed E-state index contributed by atoms with van der Waals surface area (Å²) in [6, 6.07) is 44.2. The number of rotatable bonds is 4. The normalized spacial score (nSPS) is 11.9. The minimum absolute atomic E-state index is 1.06. The molecule has 0 unspecified atom stereocenters. The standard InChI is InChI=1S/C40H22N2S4/c1-3-7-25-13-27(11-9-23(25)5-1)39-41-21-37(45-39)35-19-31-15-29-18-34-32(16-30(29)17-33(31)43-35)20-36(44-34)38-22-42-40(46-38)28-12-10-24-6-2-4-8-26(24)14-28/h1-22H. The first kappa shape index (κ1) is 26.5. The van der Waals surface area contributed by atoms with Gasteiger partial charge in [0.2, 0.25) is 0 Å². The molecular formula is C40H22N2S4. The molecule has 6 heteroatoms. The van der Waals surface area contributed by atoms with Crippen LogP contribution in [0.2, 0.25) is 0 Å². The maximum atomic E-state index is 4.81. The fourth-order valence-electron chi connectivity index (χ4n) is 6.25. The molecule has 0 fully saturated rings. The molecule has 2 nitrogen and oxygen atoms in total. The number of fused-ring (bicyclic) bond motifs is 5. The van der Waals surface area contributed by atoms with Crippen molar-refractivity contribution in [3.05, 3.63) is 134 Å². The quantitative estimate of drug-likeness (QED) is 0.188. The number of hydrogen-bond donors (Lipinski definition) is 0. The van der Waals surface area contributed by atoms with E-state index < -0.39 is 0 Å². The van der Waals surface area contributed by atoms with E-state index in [0.29, 0.717) is 0 Å². The fraction of sp³-hybridized carbons (Fsp3) is 0. The van der Waals surface area contributed by atoms with Gasteiger partial charge in [-0.05, 0) is 91.6 Å². The molecule has 0 atom stereocenters. The van der Waals surface area contributed by atoms with Crippen molar-refractivity contribution in [3.8, 4) is 40.7 Å². The first-order valence-electron chi connectivity index (χ1n) is 15.0. The predicted octanol–water partition coefficient (Wildman–Crippen LogP) is 13.2. The van der Waals surface area contributed by atoms with Crippen LogP contribution in [0.5, 0.6) is 0 Å². The lowest BCUT2D eigenvalue weighted by atomic mass is 10.1. The summed E-state index contributed by atoms with van der Waals surface area (Å²) >= 11 is 7.24. The van der Waals surface area contributed by atoms with Crippen LogP contribution in [-0.4, -0.2) is 9.97 Å². The van der Waals surface area contributed by atoms with Gasteiger partial charge in [-0.3, -0.25) is 0 Å². The molecule has 0 saturated heterocycles. The number of thiophene rings is 2. The summed E-state index contributed by atoms with van der Waals surface area (Å²) in [5.74, 6) is 0. The van der Waals surface area contributed by atoms with E-state index in [9.17, 15) is 0 Å². The molecule has 0 aliphatic rings. The largest absolute Gasteiger partial charge is 0.244 e. The molecular weight excluding hydrogens is 637 g/mol. The SMILES string of the molecule is c1ccc2cc(-c3ncc(-c4cc5cc6cc7sc(-c8cnc(-c9ccc%10ccccc%10c9)s8)cc7cc6cc5s4)s3)ccc2c1. The van der Waals surface area contributed by atoms with Crippen LogP contribution in [0.3, 0.4) is 0 Å². The van der Waals surface area contributed by atoms with Gasteiger partial charge in [-0.25, -0.2) is 9.97 Å². The molecule has 0 radical (unpaired) electrons. The Morgan fingerprint density at radius 1 is 0.326 bits per heavy atom. The van der Waals surface area contributed by atoms with E-state index in [4.69, 9.17) is 9.97 Å². The van der Waals surface area contributed by atoms with Gasteiger partial charge in [0.15, 0.2) is 0 Å². The molecule has 0 aliphatic heterocycles. The van der Waals surface area contributed by atoms with Crippen LogP contribution in [0.4, 0.5) is 0 Å². The highest BCUT2D eigenvalue weighted by Crippen LogP contribution is 2.43. The van der Waals surface area contributed by atoms with Gasteiger partial charge in [-0.1, -0.05) is 72.8 Å². The summed E-state index contributed by atoms with van der Waals surface area (Å²) in [6.07, 6.45) is 4.06. The summed E-state index contributed by atoms with van der Waals surface area (Å²) in [5, 5.41) is 12.2. The zero-order valence-electron chi connectivity index (χ0n) is 24.2. The van der Waals surface area contributed by atoms with E-state index in [1.165, 1.54) is 83.1 Å². The molecule has 4 aromatic heterocycles. The molecule has 0 aliphatic carbocycles. The van der Waals surface area contributed by atoms with Gasteiger partial charge in [0.05, 0.1) is 9.75 Å². The molecule has 0 amide bonds. The topological polar surface area (TPSA) is 25.8 Å². The Hall–Kier alpha value is -4.72. The molecule has 10 aromatic rings. The number of hydrogen-bond acceptors (Lipinski definition) is 6. The zero-order valence-corrected chi connectivity index (χ0v) is 27.5. The fourth-order valence-corrected chi connectivity index (χ4v) is 10.4. The van der Waals surface area contributed by atoms with Crippen LogP contribution in [-0.2, 0) is 0 Å². The molecule has 0 saturated carbocycles. The number of benzene rings is 6. The second-order valence-electron chi connectivity index (χ2n) is 11.5. The molecule has 10 rings (SSSR count). The van der Waals surface area contributed by atoms with E-state index in [0.717, 1.165) is 10.0 Å². The second kappa shape index (κ2) is 10.4. The van der Waals surface area contributed by atoms with Crippen molar-refractivity contribution < 1.29 is 0 Å². The van der Waals surface area contributed by atoms with E-state index in [-0.39, 0.29) is 0 Å². The van der Waals surface area contributed by atoms with Gasteiger partial charge >= 0.3 is 0 Å². The number of thiazole rings is 2. The van der Waals surface area contributed by atoms with E-state index in [1.54, 1.807) is 22.7 Å². The smallest absolute Gasteiger partial charge is 0.123 e. The van der Waals surface area contributed by atoms with Crippen molar-refractivity contribution in [1.82, 2.24) is 9.97 Å². The predicted molar refractivity (Wildman–Crippen MR) is 203 cm³/mol. The molecule has 0 N–H and O–H groups in total. The lowest BCUT2D eigenvalue weighted by molar-refractivity contribution is 1.42. The van der Waals surface area contributed by atoms with E-state index in [1.807, 2.05) is 35.1 Å². The van der Waals surface area contributed by atoms with Crippen molar-refractivity contribution in [3.63, 3.8) is 0 Å². The minimum atomic E-state index is 1.06. The Bertz CT molecular complexity index is 2520. The second-order valence-corrected chi connectivity index (χ2v) is 15.8. The van der Waals surface area contributed by atoms with Crippen LogP contribution in [0.1, 0.15) is 0 Å². The van der Waals surface area contributed by atoms with Gasteiger partial charge in [-0.15, -0.1) is 45.3 Å². The van der Waals surface area contributed by atoms with Gasteiger partial charge < -0.3 is 0 Å². The average Bonchev–Trinajstić information content (AvgIpc) is 3.91. The average molecular weight is 659 g/mol. The highest BCUT2D eigenvalue weighted by Gasteiger charge is 2.14. The summed E-state index contributed by atoms with van der Waals surface area (Å²) < 4.78 is 2.61. The summed E-state index contributed by atoms with van der Waals surface area (Å²) in [7, 11) is 0. The van der Waals surface area contributed by atoms with Crippen molar-refractivity contribution in [2.75, 3.05) is 0 Å². The van der Waals surface area contributed by atoms with E-state index in [2.05, 4.69) is 121 Å². The van der Waals surface area contributed by atoms with Crippen LogP contribution in [0, 0.1) is 0 Å². The Morgan fingerprint density at radius 3 is 1.26 bits per heavy atom. The Morgan fingerprint density at radius 2 is 0.783 bits per heavy atom. The Kier molecular flexibility index (Phi) is 5.99. The molecule has 46 heavy (non-hydrogen) atoms. The molecule has 0 spiro atoms. The molecule has 216 valence electrons. The summed E-state index contributed by atoms with van der Waals surface area (Å²) in [6.45, 7) is 0. The lowest BCUT2D eigenvalue weighted by Crippen LogP contribution is -1.76. The monoisotopic (exact) mass is 658 g/mol. The van der Waals surface area contributed by atoms with Crippen molar-refractivity contribution >= 4 is 97.8 Å². The third-order valence-electron chi connectivity index (χ3n) is 8.60. The Balaban J connectivity index is 0.968. The Labute approximate surface area is 280 Å². The van der Waals surface area contributed by atoms with Crippen LogP contribution in [0.25, 0.3) is 93.1 Å². The van der Waals surface area contributed by atoms with Crippen LogP contribution >= 0.6 is 45.3 Å². The van der Waals surface area contributed by atoms with E-state index >= 15 is 0 Å². The molecule has 4 heterocycles. The summed E-state index contributed by atoms with van der Waals surface area (Å²) in [4.78, 5) is 14.6. The van der Waals surface area contributed by atoms with Gasteiger partial charge in [0, 0.05) is 42.7 Å². The van der Waals surface area contributed by atoms with Crippen molar-refractivity contribution in [2.45, 2.75) is 0 Å². The van der Waals surface area contributed by atoms with Gasteiger partial charge in [0.1, 0.15) is 10.0 Å². The number of aromatic nitrogens is 2. The zero-order chi connectivity index (χ0) is 30.2. The van der Waals surface area contributed by atoms with Crippen LogP contribution < -0.4 is 0 Å². The molecule has 0 bridgehead atoms. The third-order valence-corrected chi connectivity index (χ3v) is 13.3. The summed E-state index contributed by atoms with van der Waals surface area (Å²) in [5.41, 5.74) is 2.34. The van der Waals surface area contributed by atoms with Crippen LogP contribution in [0.15, 0.2) is 134 Å². The third kappa shape index (κ3) is 4.49. The minimum Gasteiger partial charge on any atom is -0.244 e. The maximum absolute atomic E-state index is 4.81. The van der Waals surface area contributed by atoms with Gasteiger partial charge in [0.25, 0.3) is 0 Å².